The summed E-state index contributed by atoms with van der Waals surface area (Å²) in [7, 11) is 0. The van der Waals surface area contributed by atoms with Gasteiger partial charge in [0.1, 0.15) is 11.6 Å². The standard InChI is InChI=1S/C15H25N5/c1-13-17-5-3-14(18-13)20-9-7-19(8-10-20)12-15(2)4-6-16-11-15/h3,5,16H,4,6-12H2,1-2H3. The first-order valence-corrected chi connectivity index (χ1v) is 7.62. The van der Waals surface area contributed by atoms with Crippen molar-refractivity contribution in [2.24, 2.45) is 5.41 Å². The first-order chi connectivity index (χ1) is 9.65. The molecule has 0 radical (unpaired) electrons. The van der Waals surface area contributed by atoms with E-state index in [9.17, 15) is 0 Å². The fourth-order valence-electron chi connectivity index (χ4n) is 3.30. The number of piperazine rings is 1. The van der Waals surface area contributed by atoms with Crippen LogP contribution in [-0.2, 0) is 0 Å². The topological polar surface area (TPSA) is 44.3 Å². The van der Waals surface area contributed by atoms with E-state index < -0.39 is 0 Å². The summed E-state index contributed by atoms with van der Waals surface area (Å²) in [5.41, 5.74) is 0.466. The van der Waals surface area contributed by atoms with Crippen molar-refractivity contribution < 1.29 is 0 Å². The van der Waals surface area contributed by atoms with E-state index in [0.717, 1.165) is 44.4 Å². The predicted octanol–water partition coefficient (Wildman–Crippen LogP) is 0.907. The van der Waals surface area contributed by atoms with Gasteiger partial charge in [-0.2, -0.15) is 0 Å². The Balaban J connectivity index is 1.54. The molecule has 5 heteroatoms. The molecule has 3 rings (SSSR count). The molecule has 3 heterocycles. The zero-order chi connectivity index (χ0) is 14.0. The maximum Gasteiger partial charge on any atom is 0.132 e. The van der Waals surface area contributed by atoms with Gasteiger partial charge in [0.2, 0.25) is 0 Å². The molecule has 2 aliphatic rings. The van der Waals surface area contributed by atoms with Gasteiger partial charge in [-0.1, -0.05) is 6.92 Å². The van der Waals surface area contributed by atoms with Gasteiger partial charge in [0.25, 0.3) is 0 Å². The Morgan fingerprint density at radius 3 is 2.75 bits per heavy atom. The number of aromatic nitrogens is 2. The van der Waals surface area contributed by atoms with E-state index in [4.69, 9.17) is 0 Å². The van der Waals surface area contributed by atoms with Gasteiger partial charge in [-0.05, 0) is 31.4 Å². The summed E-state index contributed by atoms with van der Waals surface area (Å²) >= 11 is 0. The zero-order valence-electron chi connectivity index (χ0n) is 12.6. The molecule has 20 heavy (non-hydrogen) atoms. The van der Waals surface area contributed by atoms with E-state index in [1.54, 1.807) is 0 Å². The number of nitrogens with one attached hydrogen (secondary N) is 1. The highest BCUT2D eigenvalue weighted by Crippen LogP contribution is 2.26. The summed E-state index contributed by atoms with van der Waals surface area (Å²) in [6.45, 7) is 12.3. The lowest BCUT2D eigenvalue weighted by Gasteiger charge is -2.39. The molecule has 110 valence electrons. The Morgan fingerprint density at radius 1 is 1.30 bits per heavy atom. The SMILES string of the molecule is Cc1nccc(N2CCN(CC3(C)CCNC3)CC2)n1. The van der Waals surface area contributed by atoms with Gasteiger partial charge in [0.05, 0.1) is 0 Å². The van der Waals surface area contributed by atoms with Crippen LogP contribution in [0.3, 0.4) is 0 Å². The molecule has 0 aliphatic carbocycles. The van der Waals surface area contributed by atoms with E-state index in [1.807, 2.05) is 19.2 Å². The summed E-state index contributed by atoms with van der Waals surface area (Å²) in [4.78, 5) is 13.7. The highest BCUT2D eigenvalue weighted by molar-refractivity contribution is 5.37. The third kappa shape index (κ3) is 3.10. The molecular formula is C15H25N5. The van der Waals surface area contributed by atoms with Crippen LogP contribution in [0.2, 0.25) is 0 Å². The molecule has 0 bridgehead atoms. The predicted molar refractivity (Wildman–Crippen MR) is 81.0 cm³/mol. The third-order valence-electron chi connectivity index (χ3n) is 4.52. The van der Waals surface area contributed by atoms with Crippen LogP contribution in [-0.4, -0.2) is 60.7 Å². The largest absolute Gasteiger partial charge is 0.354 e. The molecule has 1 aromatic rings. The lowest BCUT2D eigenvalue weighted by atomic mass is 9.89. The van der Waals surface area contributed by atoms with Crippen LogP contribution in [0.1, 0.15) is 19.2 Å². The van der Waals surface area contributed by atoms with Crippen LogP contribution >= 0.6 is 0 Å². The van der Waals surface area contributed by atoms with Crippen molar-refractivity contribution in [1.82, 2.24) is 20.2 Å². The highest BCUT2D eigenvalue weighted by atomic mass is 15.3. The van der Waals surface area contributed by atoms with Gasteiger partial charge < -0.3 is 10.2 Å². The van der Waals surface area contributed by atoms with Gasteiger partial charge in [0.15, 0.2) is 0 Å². The molecule has 2 aliphatic heterocycles. The fourth-order valence-corrected chi connectivity index (χ4v) is 3.30. The molecule has 1 unspecified atom stereocenters. The quantitative estimate of drug-likeness (QED) is 0.888. The fraction of sp³-hybridized carbons (Fsp3) is 0.733. The summed E-state index contributed by atoms with van der Waals surface area (Å²) in [6.07, 6.45) is 3.16. The van der Waals surface area contributed by atoms with Crippen LogP contribution in [0.4, 0.5) is 5.82 Å². The van der Waals surface area contributed by atoms with E-state index in [1.165, 1.54) is 19.5 Å². The number of hydrogen-bond donors (Lipinski definition) is 1. The smallest absolute Gasteiger partial charge is 0.132 e. The van der Waals surface area contributed by atoms with Crippen molar-refractivity contribution in [2.45, 2.75) is 20.3 Å². The molecule has 0 amide bonds. The van der Waals surface area contributed by atoms with Gasteiger partial charge in [-0.3, -0.25) is 4.90 Å². The monoisotopic (exact) mass is 275 g/mol. The van der Waals surface area contributed by atoms with Crippen molar-refractivity contribution in [3.05, 3.63) is 18.1 Å². The Bertz CT molecular complexity index is 447. The van der Waals surface area contributed by atoms with Crippen LogP contribution in [0, 0.1) is 12.3 Å². The van der Waals surface area contributed by atoms with Gasteiger partial charge in [0, 0.05) is 45.5 Å². The van der Waals surface area contributed by atoms with Crippen molar-refractivity contribution >= 4 is 5.82 Å². The number of rotatable bonds is 3. The molecular weight excluding hydrogens is 250 g/mol. The Labute approximate surface area is 121 Å². The van der Waals surface area contributed by atoms with Gasteiger partial charge in [-0.25, -0.2) is 9.97 Å². The van der Waals surface area contributed by atoms with E-state index in [0.29, 0.717) is 5.41 Å². The van der Waals surface area contributed by atoms with Crippen LogP contribution in [0.5, 0.6) is 0 Å². The lowest BCUT2D eigenvalue weighted by Crippen LogP contribution is -2.50. The second kappa shape index (κ2) is 5.66. The molecule has 1 atom stereocenters. The second-order valence-electron chi connectivity index (χ2n) is 6.46. The number of anilines is 1. The van der Waals surface area contributed by atoms with Crippen molar-refractivity contribution in [3.8, 4) is 0 Å². The normalized spacial score (nSPS) is 28.0. The highest BCUT2D eigenvalue weighted by Gasteiger charge is 2.31. The first kappa shape index (κ1) is 13.8. The van der Waals surface area contributed by atoms with Gasteiger partial charge in [-0.15, -0.1) is 0 Å². The second-order valence-corrected chi connectivity index (χ2v) is 6.46. The van der Waals surface area contributed by atoms with Crippen molar-refractivity contribution in [1.29, 1.82) is 0 Å². The molecule has 0 aromatic carbocycles. The van der Waals surface area contributed by atoms with E-state index >= 15 is 0 Å². The first-order valence-electron chi connectivity index (χ1n) is 7.62. The van der Waals surface area contributed by atoms with Crippen molar-refractivity contribution in [2.75, 3.05) is 50.7 Å². The number of hydrogen-bond acceptors (Lipinski definition) is 5. The molecule has 2 saturated heterocycles. The maximum absolute atomic E-state index is 4.53. The van der Waals surface area contributed by atoms with Crippen molar-refractivity contribution in [3.63, 3.8) is 0 Å². The summed E-state index contributed by atoms with van der Waals surface area (Å²) < 4.78 is 0. The number of nitrogens with zero attached hydrogens (tertiary/aromatic N) is 4. The molecule has 2 fully saturated rings. The van der Waals surface area contributed by atoms with E-state index in [2.05, 4.69) is 32.0 Å². The molecule has 5 nitrogen and oxygen atoms in total. The minimum absolute atomic E-state index is 0.466. The summed E-state index contributed by atoms with van der Waals surface area (Å²) in [5.74, 6) is 1.93. The summed E-state index contributed by atoms with van der Waals surface area (Å²) in [5, 5.41) is 3.49. The minimum Gasteiger partial charge on any atom is -0.354 e. The number of aryl methyl sites for hydroxylation is 1. The Kier molecular flexibility index (Phi) is 3.89. The summed E-state index contributed by atoms with van der Waals surface area (Å²) in [6, 6.07) is 2.02. The maximum atomic E-state index is 4.53. The van der Waals surface area contributed by atoms with Gasteiger partial charge >= 0.3 is 0 Å². The molecule has 0 saturated carbocycles. The lowest BCUT2D eigenvalue weighted by molar-refractivity contribution is 0.169. The molecule has 0 spiro atoms. The average molecular weight is 275 g/mol. The average Bonchev–Trinajstić information content (AvgIpc) is 2.86. The zero-order valence-corrected chi connectivity index (χ0v) is 12.6. The molecule has 1 aromatic heterocycles. The minimum atomic E-state index is 0.466. The van der Waals surface area contributed by atoms with Crippen LogP contribution < -0.4 is 10.2 Å². The Morgan fingerprint density at radius 2 is 2.10 bits per heavy atom. The Hall–Kier alpha value is -1.20. The van der Waals surface area contributed by atoms with E-state index in [-0.39, 0.29) is 0 Å². The van der Waals surface area contributed by atoms with Crippen LogP contribution in [0.25, 0.3) is 0 Å². The third-order valence-corrected chi connectivity index (χ3v) is 4.52. The van der Waals surface area contributed by atoms with Crippen LogP contribution in [0.15, 0.2) is 12.3 Å². The molecule has 1 N–H and O–H groups in total.